The fourth-order valence-corrected chi connectivity index (χ4v) is 4.26. The molecule has 2 amide bonds. The molecule has 1 rings (SSSR count). The van der Waals surface area contributed by atoms with Crippen molar-refractivity contribution in [3.8, 4) is 5.75 Å². The topological polar surface area (TPSA) is 133 Å². The van der Waals surface area contributed by atoms with Gasteiger partial charge >= 0.3 is 5.97 Å². The second kappa shape index (κ2) is 16.3. The Hall–Kier alpha value is -2.68. The fraction of sp³-hybridized carbons (Fsp3) is 0.586. The van der Waals surface area contributed by atoms with Crippen LogP contribution in [0.1, 0.15) is 85.1 Å². The third-order valence-electron chi connectivity index (χ3n) is 6.60. The van der Waals surface area contributed by atoms with Crippen molar-refractivity contribution in [1.82, 2.24) is 5.32 Å². The molecular formula is C29H43BrN2O6. The average Bonchev–Trinajstić information content (AvgIpc) is 2.80. The van der Waals surface area contributed by atoms with Gasteiger partial charge in [0.05, 0.1) is 10.2 Å². The van der Waals surface area contributed by atoms with E-state index in [-0.39, 0.29) is 53.1 Å². The van der Waals surface area contributed by atoms with Gasteiger partial charge in [0.1, 0.15) is 5.75 Å². The largest absolute Gasteiger partial charge is 0.506 e. The number of phenolic OH excluding ortho intramolecular Hbond substituents is 1. The Bertz CT molecular complexity index is 999. The Morgan fingerprint density at radius 3 is 2.32 bits per heavy atom. The number of benzene rings is 1. The van der Waals surface area contributed by atoms with E-state index < -0.39 is 11.9 Å². The van der Waals surface area contributed by atoms with Crippen LogP contribution in [0.3, 0.4) is 0 Å². The van der Waals surface area contributed by atoms with Gasteiger partial charge in [0.2, 0.25) is 11.8 Å². The number of amides is 2. The van der Waals surface area contributed by atoms with E-state index in [1.807, 2.05) is 12.1 Å². The zero-order chi connectivity index (χ0) is 28.9. The molecule has 0 heterocycles. The average molecular weight is 596 g/mol. The van der Waals surface area contributed by atoms with Crippen LogP contribution in [-0.4, -0.2) is 40.3 Å². The lowest BCUT2D eigenvalue weighted by Crippen LogP contribution is -2.24. The zero-order valence-corrected chi connectivity index (χ0v) is 24.8. The number of hydrogen-bond acceptors (Lipinski definition) is 5. The smallest absolute Gasteiger partial charge is 0.303 e. The first-order valence-corrected chi connectivity index (χ1v) is 14.0. The number of allylic oxidation sites excluding steroid dienone is 1. The summed E-state index contributed by atoms with van der Waals surface area (Å²) in [6.07, 6.45) is 4.60. The lowest BCUT2D eigenvalue weighted by atomic mass is 9.76. The maximum atomic E-state index is 12.4. The van der Waals surface area contributed by atoms with E-state index in [2.05, 4.69) is 61.2 Å². The summed E-state index contributed by atoms with van der Waals surface area (Å²) in [5.74, 6) is -0.870. The minimum atomic E-state index is -0.906. The van der Waals surface area contributed by atoms with Gasteiger partial charge in [0, 0.05) is 31.9 Å². The quantitative estimate of drug-likeness (QED) is 0.106. The number of carboxylic acid groups (broad SMARTS) is 1. The van der Waals surface area contributed by atoms with Crippen LogP contribution in [0, 0.1) is 17.3 Å². The molecule has 1 aromatic rings. The van der Waals surface area contributed by atoms with Gasteiger partial charge in [-0.2, -0.15) is 0 Å². The SMILES string of the molecule is CC(C[C@@H](C)Cc1ccc(O)c(NC(=O)CCCNC(=O)/C=C(\Br)C(=O)CCCCC(=O)O)c1)C(C)(C)C. The number of aromatic hydroxyl groups is 1. The highest BCUT2D eigenvalue weighted by Gasteiger charge is 2.22. The van der Waals surface area contributed by atoms with Crippen molar-refractivity contribution in [2.24, 2.45) is 17.3 Å². The molecule has 0 saturated heterocycles. The molecule has 38 heavy (non-hydrogen) atoms. The van der Waals surface area contributed by atoms with Crippen molar-refractivity contribution in [2.75, 3.05) is 11.9 Å². The maximum absolute atomic E-state index is 12.4. The van der Waals surface area contributed by atoms with E-state index in [1.165, 1.54) is 0 Å². The molecule has 0 fully saturated rings. The van der Waals surface area contributed by atoms with Gasteiger partial charge in [0.15, 0.2) is 5.78 Å². The number of rotatable bonds is 16. The fourth-order valence-electron chi connectivity index (χ4n) is 3.85. The van der Waals surface area contributed by atoms with Gasteiger partial charge in [-0.1, -0.05) is 40.7 Å². The molecule has 2 atom stereocenters. The predicted molar refractivity (Wildman–Crippen MR) is 153 cm³/mol. The minimum absolute atomic E-state index is 0.00391. The van der Waals surface area contributed by atoms with E-state index in [0.717, 1.165) is 24.5 Å². The van der Waals surface area contributed by atoms with Gasteiger partial charge < -0.3 is 20.8 Å². The third-order valence-corrected chi connectivity index (χ3v) is 7.27. The number of nitrogens with one attached hydrogen (secondary N) is 2. The molecule has 0 saturated carbocycles. The Balaban J connectivity index is 2.46. The molecule has 0 aliphatic rings. The molecule has 0 radical (unpaired) electrons. The van der Waals surface area contributed by atoms with E-state index in [1.54, 1.807) is 6.07 Å². The molecule has 8 nitrogen and oxygen atoms in total. The molecule has 0 aliphatic heterocycles. The standard InChI is InChI=1S/C29H43BrN2O6/c1-19(15-20(2)29(3,4)5)16-21-12-13-25(34)23(17-21)32-26(35)10-8-14-31-27(36)18-22(30)24(33)9-6-7-11-28(37)38/h12-13,17-20,34H,6-11,14-16H2,1-5H3,(H,31,36)(H,32,35)(H,37,38)/b22-18-/t19-,20?/m1/s1. The first-order chi connectivity index (χ1) is 17.7. The number of phenols is 1. The summed E-state index contributed by atoms with van der Waals surface area (Å²) in [7, 11) is 0. The summed E-state index contributed by atoms with van der Waals surface area (Å²) >= 11 is 3.09. The molecule has 0 spiro atoms. The highest BCUT2D eigenvalue weighted by Crippen LogP contribution is 2.32. The summed E-state index contributed by atoms with van der Waals surface area (Å²) in [5, 5.41) is 24.2. The number of carboxylic acids is 1. The van der Waals surface area contributed by atoms with Gasteiger partial charge in [0.25, 0.3) is 0 Å². The van der Waals surface area contributed by atoms with E-state index in [0.29, 0.717) is 36.8 Å². The number of aliphatic carboxylic acids is 1. The van der Waals surface area contributed by atoms with Gasteiger partial charge in [-0.3, -0.25) is 19.2 Å². The second-order valence-electron chi connectivity index (χ2n) is 11.1. The summed E-state index contributed by atoms with van der Waals surface area (Å²) in [6, 6.07) is 5.29. The van der Waals surface area contributed by atoms with Crippen LogP contribution in [0.4, 0.5) is 5.69 Å². The molecular weight excluding hydrogens is 552 g/mol. The van der Waals surface area contributed by atoms with Crippen molar-refractivity contribution in [3.05, 3.63) is 34.3 Å². The molecule has 9 heteroatoms. The van der Waals surface area contributed by atoms with Crippen LogP contribution in [-0.2, 0) is 25.6 Å². The van der Waals surface area contributed by atoms with Crippen molar-refractivity contribution >= 4 is 45.2 Å². The number of unbranched alkanes of at least 4 members (excludes halogenated alkanes) is 1. The van der Waals surface area contributed by atoms with Crippen LogP contribution in [0.25, 0.3) is 0 Å². The summed E-state index contributed by atoms with van der Waals surface area (Å²) in [5.41, 5.74) is 1.67. The molecule has 0 aromatic heterocycles. The molecule has 4 N–H and O–H groups in total. The van der Waals surface area contributed by atoms with Crippen molar-refractivity contribution in [3.63, 3.8) is 0 Å². The Morgan fingerprint density at radius 1 is 1.03 bits per heavy atom. The summed E-state index contributed by atoms with van der Waals surface area (Å²) < 4.78 is 0.126. The van der Waals surface area contributed by atoms with Crippen LogP contribution in [0.15, 0.2) is 28.8 Å². The van der Waals surface area contributed by atoms with Crippen LogP contribution in [0.5, 0.6) is 5.75 Å². The molecule has 0 aliphatic carbocycles. The Labute approximate surface area is 234 Å². The lowest BCUT2D eigenvalue weighted by molar-refractivity contribution is -0.137. The summed E-state index contributed by atoms with van der Waals surface area (Å²) in [6.45, 7) is 11.5. The number of anilines is 1. The molecule has 212 valence electrons. The maximum Gasteiger partial charge on any atom is 0.303 e. The minimum Gasteiger partial charge on any atom is -0.506 e. The molecule has 0 bridgehead atoms. The number of hydrogen-bond donors (Lipinski definition) is 4. The van der Waals surface area contributed by atoms with Crippen LogP contribution in [0.2, 0.25) is 0 Å². The normalized spacial score (nSPS) is 13.5. The van der Waals surface area contributed by atoms with Gasteiger partial charge in [-0.15, -0.1) is 0 Å². The van der Waals surface area contributed by atoms with Crippen LogP contribution >= 0.6 is 15.9 Å². The lowest BCUT2D eigenvalue weighted by Gasteiger charge is -2.29. The van der Waals surface area contributed by atoms with Gasteiger partial charge in [-0.05, 0) is 83.0 Å². The highest BCUT2D eigenvalue weighted by atomic mass is 79.9. The highest BCUT2D eigenvalue weighted by molar-refractivity contribution is 9.12. The van der Waals surface area contributed by atoms with Gasteiger partial charge in [-0.25, -0.2) is 0 Å². The van der Waals surface area contributed by atoms with E-state index in [9.17, 15) is 24.3 Å². The van der Waals surface area contributed by atoms with Crippen LogP contribution < -0.4 is 10.6 Å². The first-order valence-electron chi connectivity index (χ1n) is 13.2. The Morgan fingerprint density at radius 2 is 1.68 bits per heavy atom. The monoisotopic (exact) mass is 594 g/mol. The second-order valence-corrected chi connectivity index (χ2v) is 12.0. The number of carbonyl (C=O) groups excluding carboxylic acids is 3. The van der Waals surface area contributed by atoms with E-state index >= 15 is 0 Å². The molecule has 1 aromatic carbocycles. The van der Waals surface area contributed by atoms with E-state index in [4.69, 9.17) is 5.11 Å². The summed E-state index contributed by atoms with van der Waals surface area (Å²) in [4.78, 5) is 46.9. The number of halogens is 1. The number of Topliss-reactive ketones (excluding diaryl/α,β-unsaturated/α-hetero) is 1. The first kappa shape index (κ1) is 33.3. The zero-order valence-electron chi connectivity index (χ0n) is 23.2. The van der Waals surface area contributed by atoms with Crippen molar-refractivity contribution in [1.29, 1.82) is 0 Å². The number of ketones is 1. The molecule has 1 unspecified atom stereocenters. The number of carbonyl (C=O) groups is 4. The predicted octanol–water partition coefficient (Wildman–Crippen LogP) is 5.97. The third kappa shape index (κ3) is 13.7. The van der Waals surface area contributed by atoms with Crippen molar-refractivity contribution in [2.45, 2.75) is 86.0 Å². The van der Waals surface area contributed by atoms with Crippen molar-refractivity contribution < 1.29 is 29.4 Å². The Kier molecular flexibility index (Phi) is 14.3.